The molecule has 0 aliphatic carbocycles. The van der Waals surface area contributed by atoms with Gasteiger partial charge in [-0.1, -0.05) is 11.6 Å². The van der Waals surface area contributed by atoms with Crippen molar-refractivity contribution in [3.05, 3.63) is 59.7 Å². The Balaban J connectivity index is 0.000000712. The molecule has 2 rings (SSSR count). The summed E-state index contributed by atoms with van der Waals surface area (Å²) < 4.78 is 15.9. The summed E-state index contributed by atoms with van der Waals surface area (Å²) in [6.45, 7) is 2.29. The van der Waals surface area contributed by atoms with E-state index >= 15 is 0 Å². The van der Waals surface area contributed by atoms with Crippen LogP contribution >= 0.6 is 9.53 Å². The third-order valence-electron chi connectivity index (χ3n) is 3.86. The molecule has 0 bridgehead atoms. The number of nitrogens with zero attached hydrogens (tertiary/aromatic N) is 2. The Morgan fingerprint density at radius 3 is 1.67 bits per heavy atom. The molecule has 0 radical (unpaired) electrons. The van der Waals surface area contributed by atoms with Gasteiger partial charge in [0.1, 0.15) is 0 Å². The summed E-state index contributed by atoms with van der Waals surface area (Å²) in [5, 5.41) is 0. The Labute approximate surface area is 196 Å². The number of ether oxygens (including phenoxy) is 3. The third-order valence-corrected chi connectivity index (χ3v) is 3.86. The molecular weight excluding hydrogens is 494 g/mol. The van der Waals surface area contributed by atoms with Crippen LogP contribution in [0.15, 0.2) is 42.5 Å². The van der Waals surface area contributed by atoms with Crippen LogP contribution in [0.4, 0.5) is 0 Å². The van der Waals surface area contributed by atoms with Crippen molar-refractivity contribution in [2.45, 2.75) is 0 Å². The van der Waals surface area contributed by atoms with Crippen LogP contribution in [0.5, 0.6) is 17.2 Å². The summed E-state index contributed by atoms with van der Waals surface area (Å²) in [7, 11) is 17.6. The van der Waals surface area contributed by atoms with E-state index in [1.807, 2.05) is 48.5 Å². The van der Waals surface area contributed by atoms with E-state index < -0.39 is 0 Å². The van der Waals surface area contributed by atoms with Crippen molar-refractivity contribution >= 4 is 15.6 Å². The molecule has 170 valence electrons. The van der Waals surface area contributed by atoms with Gasteiger partial charge in [0, 0.05) is 13.1 Å². The zero-order valence-corrected chi connectivity index (χ0v) is 21.2. The molecule has 0 unspecified atom stereocenters. The predicted octanol–water partition coefficient (Wildman–Crippen LogP) is 4.37. The van der Waals surface area contributed by atoms with Gasteiger partial charge >= 0.3 is 27.7 Å². The second-order valence-electron chi connectivity index (χ2n) is 6.72. The van der Waals surface area contributed by atoms with Crippen LogP contribution in [-0.4, -0.2) is 72.4 Å². The summed E-state index contributed by atoms with van der Waals surface area (Å²) in [5.74, 6) is 1.85. The van der Waals surface area contributed by atoms with Crippen LogP contribution in [-0.2, 0) is 18.2 Å². The maximum atomic E-state index is 5.32. The van der Waals surface area contributed by atoms with Gasteiger partial charge in [0.25, 0.3) is 0 Å². The first kappa shape index (κ1) is 28.5. The van der Waals surface area contributed by atoms with E-state index in [-0.39, 0.29) is 0 Å². The van der Waals surface area contributed by atoms with Crippen LogP contribution in [0, 0.1) is 6.08 Å². The van der Waals surface area contributed by atoms with Crippen molar-refractivity contribution in [2.75, 3.05) is 62.6 Å². The Hall–Kier alpha value is -1.55. The average Bonchev–Trinajstić information content (AvgIpc) is 2.77. The summed E-state index contributed by atoms with van der Waals surface area (Å²) in [6.07, 6.45) is 5.11. The first-order valence-corrected chi connectivity index (χ1v) is 11.3. The Morgan fingerprint density at radius 1 is 0.833 bits per heavy atom. The molecule has 5 nitrogen and oxygen atoms in total. The van der Waals surface area contributed by atoms with Gasteiger partial charge in [-0.3, -0.25) is 0 Å². The minimum absolute atomic E-state index is 0.590. The SMILES string of the molecule is CN(C)CCN(C)C.COc1cc(C=[C-]c2ccccc2)cc(OC)c1OC.[Cl][Pd+]. The number of benzene rings is 2. The molecule has 2 aromatic rings. The van der Waals surface area contributed by atoms with Gasteiger partial charge in [-0.05, 0) is 40.3 Å². The molecule has 0 aliphatic heterocycles. The van der Waals surface area contributed by atoms with Gasteiger partial charge < -0.3 is 24.0 Å². The van der Waals surface area contributed by atoms with Crippen molar-refractivity contribution in [1.29, 1.82) is 0 Å². The molecule has 0 aromatic heterocycles. The Morgan fingerprint density at radius 2 is 1.30 bits per heavy atom. The molecule has 0 aliphatic rings. The van der Waals surface area contributed by atoms with Crippen molar-refractivity contribution in [3.8, 4) is 17.2 Å². The van der Waals surface area contributed by atoms with E-state index in [2.05, 4.69) is 71.8 Å². The normalized spacial score (nSPS) is 10.3. The van der Waals surface area contributed by atoms with Crippen molar-refractivity contribution in [3.63, 3.8) is 0 Å². The molecule has 0 atom stereocenters. The van der Waals surface area contributed by atoms with Crippen LogP contribution < -0.4 is 14.2 Å². The zero-order chi connectivity index (χ0) is 22.9. The van der Waals surface area contributed by atoms with Crippen LogP contribution in [0.2, 0.25) is 0 Å². The fourth-order valence-electron chi connectivity index (χ4n) is 2.29. The molecule has 0 N–H and O–H groups in total. The number of hydrogen-bond donors (Lipinski definition) is 0. The second-order valence-corrected chi connectivity index (χ2v) is 6.72. The van der Waals surface area contributed by atoms with Gasteiger partial charge in [-0.25, -0.2) is 0 Å². The van der Waals surface area contributed by atoms with Crippen LogP contribution in [0.3, 0.4) is 0 Å². The van der Waals surface area contributed by atoms with Crippen molar-refractivity contribution < 1.29 is 32.4 Å². The first-order valence-electron chi connectivity index (χ1n) is 9.27. The van der Waals surface area contributed by atoms with E-state index in [1.54, 1.807) is 21.3 Å². The van der Waals surface area contributed by atoms with Crippen molar-refractivity contribution in [2.24, 2.45) is 0 Å². The first-order chi connectivity index (χ1) is 14.4. The molecule has 7 heteroatoms. The summed E-state index contributed by atoms with van der Waals surface area (Å²) in [5.41, 5.74) is 1.95. The topological polar surface area (TPSA) is 34.2 Å². The maximum absolute atomic E-state index is 5.32. The summed E-state index contributed by atoms with van der Waals surface area (Å²) >= 11 is 2.22. The van der Waals surface area contributed by atoms with E-state index in [0.29, 0.717) is 17.2 Å². The fraction of sp³-hybridized carbons (Fsp3) is 0.391. The molecule has 30 heavy (non-hydrogen) atoms. The van der Waals surface area contributed by atoms with E-state index in [4.69, 9.17) is 14.2 Å². The van der Waals surface area contributed by atoms with E-state index in [0.717, 1.165) is 24.2 Å². The standard InChI is InChI=1S/C17H17O3.C6H16N2.ClH.Pd/c1-18-15-11-14(12-16(19-2)17(15)20-3)10-9-13-7-5-4-6-8-13;1-7(2)5-6-8(3)4;;/h4-8,10-12H,1-3H3;5-6H2,1-4H3;1H;/q-1;;;+2/p-1. The Bertz CT molecular complexity index is 693. The van der Waals surface area contributed by atoms with E-state index in [9.17, 15) is 0 Å². The number of halogens is 1. The second kappa shape index (κ2) is 17.2. The van der Waals surface area contributed by atoms with E-state index in [1.165, 1.54) is 0 Å². The third kappa shape index (κ3) is 11.6. The predicted molar refractivity (Wildman–Crippen MR) is 122 cm³/mol. The van der Waals surface area contributed by atoms with Gasteiger partial charge in [-0.15, -0.1) is 42.0 Å². The molecule has 0 saturated carbocycles. The number of rotatable bonds is 8. The average molecular weight is 527 g/mol. The molecule has 0 fully saturated rings. The summed E-state index contributed by atoms with van der Waals surface area (Å²) in [6, 6.07) is 13.7. The zero-order valence-electron chi connectivity index (χ0n) is 18.8. The minimum atomic E-state index is 0.590. The molecular formula is C23H33ClN2O3Pd. The van der Waals surface area contributed by atoms with Gasteiger partial charge in [0.15, 0.2) is 11.5 Å². The molecule has 0 amide bonds. The molecule has 0 saturated heterocycles. The van der Waals surface area contributed by atoms with Gasteiger partial charge in [0.05, 0.1) is 21.3 Å². The number of hydrogen-bond acceptors (Lipinski definition) is 5. The molecule has 0 heterocycles. The number of methoxy groups -OCH3 is 3. The van der Waals surface area contributed by atoms with Gasteiger partial charge in [-0.2, -0.15) is 0 Å². The van der Waals surface area contributed by atoms with Crippen molar-refractivity contribution in [1.82, 2.24) is 9.80 Å². The monoisotopic (exact) mass is 526 g/mol. The fourth-order valence-corrected chi connectivity index (χ4v) is 2.29. The number of likely N-dealkylation sites (N-methyl/N-ethyl adjacent to an activating group) is 2. The summed E-state index contributed by atoms with van der Waals surface area (Å²) in [4.78, 5) is 4.36. The van der Waals surface area contributed by atoms with Crippen LogP contribution in [0.25, 0.3) is 6.08 Å². The van der Waals surface area contributed by atoms with Crippen LogP contribution in [0.1, 0.15) is 11.1 Å². The Kier molecular flexibility index (Phi) is 16.3. The van der Waals surface area contributed by atoms with Gasteiger partial charge in [0.2, 0.25) is 5.75 Å². The molecule has 2 aromatic carbocycles. The quantitative estimate of drug-likeness (QED) is 0.290. The molecule has 0 spiro atoms.